The Balaban J connectivity index is 2.16. The minimum absolute atomic E-state index is 0.112. The van der Waals surface area contributed by atoms with E-state index < -0.39 is 5.82 Å². The van der Waals surface area contributed by atoms with Crippen LogP contribution in [0, 0.1) is 5.82 Å². The molecule has 4 nitrogen and oxygen atoms in total. The van der Waals surface area contributed by atoms with Gasteiger partial charge in [-0.05, 0) is 12.1 Å². The van der Waals surface area contributed by atoms with Crippen LogP contribution in [0.15, 0.2) is 18.3 Å². The fourth-order valence-corrected chi connectivity index (χ4v) is 1.46. The Kier molecular flexibility index (Phi) is 2.91. The van der Waals surface area contributed by atoms with Crippen LogP contribution in [0.5, 0.6) is 0 Å². The molecule has 1 fully saturated rings. The van der Waals surface area contributed by atoms with Gasteiger partial charge in [0, 0.05) is 19.3 Å². The number of amides is 1. The quantitative estimate of drug-likeness (QED) is 0.685. The fraction of sp³-hybridized carbons (Fsp3) is 0.400. The summed E-state index contributed by atoms with van der Waals surface area (Å²) in [6.07, 6.45) is 1.41. The van der Waals surface area contributed by atoms with Gasteiger partial charge in [-0.3, -0.25) is 4.79 Å². The van der Waals surface area contributed by atoms with Gasteiger partial charge in [-0.25, -0.2) is 9.37 Å². The molecule has 15 heavy (non-hydrogen) atoms. The summed E-state index contributed by atoms with van der Waals surface area (Å²) in [4.78, 5) is 17.1. The van der Waals surface area contributed by atoms with Crippen LogP contribution in [-0.2, 0) is 4.74 Å². The predicted octanol–water partition coefficient (Wildman–Crippen LogP) is 0.693. The van der Waals surface area contributed by atoms with E-state index in [-0.39, 0.29) is 11.6 Å². The Morgan fingerprint density at radius 2 is 2.20 bits per heavy atom. The Hall–Kier alpha value is -1.49. The van der Waals surface area contributed by atoms with E-state index in [4.69, 9.17) is 4.74 Å². The molecular weight excluding hydrogens is 199 g/mol. The average Bonchev–Trinajstić information content (AvgIpc) is 2.30. The van der Waals surface area contributed by atoms with Crippen LogP contribution in [-0.4, -0.2) is 42.1 Å². The molecule has 0 atom stereocenters. The summed E-state index contributed by atoms with van der Waals surface area (Å²) in [5, 5.41) is 0. The van der Waals surface area contributed by atoms with Crippen molar-refractivity contribution in [3.8, 4) is 0 Å². The Morgan fingerprint density at radius 3 is 2.87 bits per heavy atom. The first-order valence-electron chi connectivity index (χ1n) is 4.76. The third kappa shape index (κ3) is 2.12. The number of carbonyl (C=O) groups excluding carboxylic acids is 1. The van der Waals surface area contributed by atoms with Crippen molar-refractivity contribution in [2.75, 3.05) is 26.3 Å². The van der Waals surface area contributed by atoms with Crippen molar-refractivity contribution < 1.29 is 13.9 Å². The lowest BCUT2D eigenvalue weighted by Gasteiger charge is -2.26. The van der Waals surface area contributed by atoms with Crippen LogP contribution in [0.1, 0.15) is 10.5 Å². The molecule has 0 aliphatic carbocycles. The molecular formula is C10H11FN2O2. The molecule has 80 valence electrons. The van der Waals surface area contributed by atoms with Crippen molar-refractivity contribution in [1.29, 1.82) is 0 Å². The molecule has 1 amide bonds. The predicted molar refractivity (Wildman–Crippen MR) is 50.9 cm³/mol. The molecule has 0 radical (unpaired) electrons. The van der Waals surface area contributed by atoms with Gasteiger partial charge in [0.15, 0.2) is 11.5 Å². The molecule has 0 saturated carbocycles. The number of aromatic nitrogens is 1. The van der Waals surface area contributed by atoms with E-state index in [9.17, 15) is 9.18 Å². The van der Waals surface area contributed by atoms with E-state index in [1.807, 2.05) is 0 Å². The number of hydrogen-bond donors (Lipinski definition) is 0. The summed E-state index contributed by atoms with van der Waals surface area (Å²) < 4.78 is 18.4. The number of rotatable bonds is 1. The number of pyridine rings is 1. The molecule has 0 spiro atoms. The molecule has 1 aliphatic heterocycles. The maximum atomic E-state index is 13.3. The molecule has 2 heterocycles. The first-order chi connectivity index (χ1) is 7.29. The summed E-state index contributed by atoms with van der Waals surface area (Å²) in [5.41, 5.74) is -0.112. The molecule has 1 aromatic rings. The molecule has 1 saturated heterocycles. The highest BCUT2D eigenvalue weighted by Gasteiger charge is 2.21. The zero-order chi connectivity index (χ0) is 10.7. The number of morpholine rings is 1. The molecule has 2 rings (SSSR count). The number of nitrogens with zero attached hydrogens (tertiary/aromatic N) is 2. The van der Waals surface area contributed by atoms with Crippen molar-refractivity contribution in [2.24, 2.45) is 0 Å². The molecule has 0 aromatic carbocycles. The lowest BCUT2D eigenvalue weighted by Crippen LogP contribution is -2.41. The fourth-order valence-electron chi connectivity index (χ4n) is 1.46. The molecule has 1 aromatic heterocycles. The smallest absolute Gasteiger partial charge is 0.275 e. The maximum absolute atomic E-state index is 13.3. The number of carbonyl (C=O) groups is 1. The summed E-state index contributed by atoms with van der Waals surface area (Å²) in [7, 11) is 0. The van der Waals surface area contributed by atoms with Gasteiger partial charge in [0.1, 0.15) is 0 Å². The Bertz CT molecular complexity index is 364. The normalized spacial score (nSPS) is 16.5. The zero-order valence-electron chi connectivity index (χ0n) is 8.15. The second-order valence-corrected chi connectivity index (χ2v) is 3.24. The molecule has 0 N–H and O–H groups in total. The van der Waals surface area contributed by atoms with Crippen molar-refractivity contribution in [3.63, 3.8) is 0 Å². The van der Waals surface area contributed by atoms with E-state index in [0.29, 0.717) is 26.3 Å². The Labute approximate surface area is 86.7 Å². The van der Waals surface area contributed by atoms with Gasteiger partial charge in [0.2, 0.25) is 0 Å². The summed E-state index contributed by atoms with van der Waals surface area (Å²) in [6.45, 7) is 1.99. The monoisotopic (exact) mass is 210 g/mol. The van der Waals surface area contributed by atoms with Crippen LogP contribution < -0.4 is 0 Å². The largest absolute Gasteiger partial charge is 0.378 e. The zero-order valence-corrected chi connectivity index (χ0v) is 8.15. The van der Waals surface area contributed by atoms with Crippen molar-refractivity contribution >= 4 is 5.91 Å². The van der Waals surface area contributed by atoms with Crippen LogP contribution in [0.4, 0.5) is 4.39 Å². The Morgan fingerprint density at radius 1 is 1.47 bits per heavy atom. The van der Waals surface area contributed by atoms with E-state index in [0.717, 1.165) is 0 Å². The number of halogens is 1. The minimum Gasteiger partial charge on any atom is -0.378 e. The summed E-state index contributed by atoms with van der Waals surface area (Å²) >= 11 is 0. The van der Waals surface area contributed by atoms with Crippen LogP contribution in [0.25, 0.3) is 0 Å². The van der Waals surface area contributed by atoms with Gasteiger partial charge in [0.25, 0.3) is 5.91 Å². The van der Waals surface area contributed by atoms with Crippen LogP contribution in [0.2, 0.25) is 0 Å². The van der Waals surface area contributed by atoms with E-state index >= 15 is 0 Å². The SMILES string of the molecule is O=C(c1ncccc1F)N1CCOCC1. The standard InChI is InChI=1S/C10H11FN2O2/c11-8-2-1-3-12-9(8)10(14)13-4-6-15-7-5-13/h1-3H,4-7H2. The summed E-state index contributed by atoms with van der Waals surface area (Å²) in [6, 6.07) is 2.70. The second kappa shape index (κ2) is 4.35. The highest BCUT2D eigenvalue weighted by Crippen LogP contribution is 2.08. The van der Waals surface area contributed by atoms with Gasteiger partial charge in [-0.1, -0.05) is 0 Å². The molecule has 0 bridgehead atoms. The van der Waals surface area contributed by atoms with E-state index in [2.05, 4.69) is 4.98 Å². The lowest BCUT2D eigenvalue weighted by molar-refractivity contribution is 0.0295. The third-order valence-electron chi connectivity index (χ3n) is 2.26. The van der Waals surface area contributed by atoms with Gasteiger partial charge >= 0.3 is 0 Å². The third-order valence-corrected chi connectivity index (χ3v) is 2.26. The second-order valence-electron chi connectivity index (χ2n) is 3.24. The van der Waals surface area contributed by atoms with Gasteiger partial charge < -0.3 is 9.64 Å². The van der Waals surface area contributed by atoms with Crippen LogP contribution in [0.3, 0.4) is 0 Å². The molecule has 0 unspecified atom stereocenters. The maximum Gasteiger partial charge on any atom is 0.275 e. The highest BCUT2D eigenvalue weighted by molar-refractivity contribution is 5.92. The van der Waals surface area contributed by atoms with Gasteiger partial charge in [-0.15, -0.1) is 0 Å². The first kappa shape index (κ1) is 10.0. The van der Waals surface area contributed by atoms with Gasteiger partial charge in [-0.2, -0.15) is 0 Å². The van der Waals surface area contributed by atoms with Crippen LogP contribution >= 0.6 is 0 Å². The van der Waals surface area contributed by atoms with E-state index in [1.165, 1.54) is 18.3 Å². The number of hydrogen-bond acceptors (Lipinski definition) is 3. The van der Waals surface area contributed by atoms with Gasteiger partial charge in [0.05, 0.1) is 13.2 Å². The topological polar surface area (TPSA) is 42.4 Å². The lowest BCUT2D eigenvalue weighted by atomic mass is 10.3. The van der Waals surface area contributed by atoms with Crippen molar-refractivity contribution in [3.05, 3.63) is 29.8 Å². The minimum atomic E-state index is -0.575. The summed E-state index contributed by atoms with van der Waals surface area (Å²) in [5.74, 6) is -0.939. The number of ether oxygens (including phenoxy) is 1. The van der Waals surface area contributed by atoms with Crippen molar-refractivity contribution in [2.45, 2.75) is 0 Å². The first-order valence-corrected chi connectivity index (χ1v) is 4.76. The van der Waals surface area contributed by atoms with E-state index in [1.54, 1.807) is 4.90 Å². The van der Waals surface area contributed by atoms with Crippen molar-refractivity contribution in [1.82, 2.24) is 9.88 Å². The molecule has 5 heteroatoms. The molecule has 1 aliphatic rings. The highest BCUT2D eigenvalue weighted by atomic mass is 19.1. The average molecular weight is 210 g/mol.